The number of aromatic nitrogens is 1. The van der Waals surface area contributed by atoms with Gasteiger partial charge in [-0.05, 0) is 49.2 Å². The highest BCUT2D eigenvalue weighted by atomic mass is 79.9. The van der Waals surface area contributed by atoms with E-state index in [9.17, 15) is 0 Å². The highest BCUT2D eigenvalue weighted by Gasteiger charge is 2.20. The summed E-state index contributed by atoms with van der Waals surface area (Å²) in [6.07, 6.45) is 4.29. The van der Waals surface area contributed by atoms with Crippen LogP contribution in [0.4, 0.5) is 0 Å². The first-order chi connectivity index (χ1) is 9.20. The van der Waals surface area contributed by atoms with Crippen LogP contribution in [0.15, 0.2) is 43.5 Å². The largest absolute Gasteiger partial charge is 0.439 e. The van der Waals surface area contributed by atoms with E-state index in [1.165, 1.54) is 23.3 Å². The summed E-state index contributed by atoms with van der Waals surface area (Å²) in [5, 5.41) is 4.24. The molecule has 2 aromatic rings. The Morgan fingerprint density at radius 1 is 1.47 bits per heavy atom. The van der Waals surface area contributed by atoms with Crippen molar-refractivity contribution in [2.24, 2.45) is 0 Å². The number of hydrogen-bond donors (Lipinski definition) is 1. The third-order valence-corrected chi connectivity index (χ3v) is 4.44. The molecule has 1 saturated carbocycles. The summed E-state index contributed by atoms with van der Waals surface area (Å²) in [4.78, 5) is 5.53. The number of aryl methyl sites for hydroxylation is 1. The first-order valence-corrected chi connectivity index (χ1v) is 7.93. The molecular weight excluding hydrogens is 324 g/mol. The van der Waals surface area contributed by atoms with Gasteiger partial charge in [0.2, 0.25) is 0 Å². The summed E-state index contributed by atoms with van der Waals surface area (Å²) < 4.78 is 6.49. The highest BCUT2D eigenvalue weighted by Crippen LogP contribution is 2.32. The SMILES string of the molecule is Cc1coc(Sc2cc(Br)ccc2CNC2CC2)n1. The molecule has 0 saturated heterocycles. The van der Waals surface area contributed by atoms with E-state index in [2.05, 4.69) is 44.4 Å². The van der Waals surface area contributed by atoms with Crippen LogP contribution in [0.3, 0.4) is 0 Å². The first kappa shape index (κ1) is 13.2. The molecular formula is C14H15BrN2OS. The van der Waals surface area contributed by atoms with Gasteiger partial charge in [-0.2, -0.15) is 0 Å². The van der Waals surface area contributed by atoms with Crippen molar-refractivity contribution >= 4 is 27.7 Å². The second kappa shape index (κ2) is 5.69. The van der Waals surface area contributed by atoms with Crippen LogP contribution in [-0.4, -0.2) is 11.0 Å². The number of benzene rings is 1. The highest BCUT2D eigenvalue weighted by molar-refractivity contribution is 9.10. The van der Waals surface area contributed by atoms with E-state index < -0.39 is 0 Å². The lowest BCUT2D eigenvalue weighted by Crippen LogP contribution is -2.15. The number of halogens is 1. The Kier molecular flexibility index (Phi) is 3.96. The number of nitrogens with one attached hydrogen (secondary N) is 1. The molecule has 1 aromatic carbocycles. The molecule has 1 aliphatic carbocycles. The van der Waals surface area contributed by atoms with Crippen molar-refractivity contribution in [3.05, 3.63) is 40.2 Å². The normalized spacial score (nSPS) is 14.8. The zero-order valence-corrected chi connectivity index (χ0v) is 13.1. The summed E-state index contributed by atoms with van der Waals surface area (Å²) >= 11 is 5.10. The fraction of sp³-hybridized carbons (Fsp3) is 0.357. The van der Waals surface area contributed by atoms with Gasteiger partial charge in [-0.1, -0.05) is 22.0 Å². The lowest BCUT2D eigenvalue weighted by atomic mass is 10.2. The Morgan fingerprint density at radius 3 is 3.00 bits per heavy atom. The molecule has 19 heavy (non-hydrogen) atoms. The minimum absolute atomic E-state index is 0.697. The third-order valence-electron chi connectivity index (χ3n) is 2.98. The van der Waals surface area contributed by atoms with E-state index >= 15 is 0 Å². The Labute approximate surface area is 125 Å². The number of hydrogen-bond acceptors (Lipinski definition) is 4. The van der Waals surface area contributed by atoms with E-state index in [-0.39, 0.29) is 0 Å². The number of oxazole rings is 1. The van der Waals surface area contributed by atoms with E-state index in [1.807, 2.05) is 6.92 Å². The van der Waals surface area contributed by atoms with Crippen molar-refractivity contribution < 1.29 is 4.42 Å². The first-order valence-electron chi connectivity index (χ1n) is 6.32. The summed E-state index contributed by atoms with van der Waals surface area (Å²) in [6.45, 7) is 2.84. The summed E-state index contributed by atoms with van der Waals surface area (Å²) in [5.41, 5.74) is 2.20. The molecule has 1 aliphatic rings. The van der Waals surface area contributed by atoms with Crippen LogP contribution >= 0.6 is 27.7 Å². The van der Waals surface area contributed by atoms with Crippen molar-refractivity contribution in [1.82, 2.24) is 10.3 Å². The minimum Gasteiger partial charge on any atom is -0.439 e. The Balaban J connectivity index is 1.78. The van der Waals surface area contributed by atoms with Gasteiger partial charge >= 0.3 is 0 Å². The molecule has 5 heteroatoms. The van der Waals surface area contributed by atoms with Gasteiger partial charge < -0.3 is 9.73 Å². The fourth-order valence-electron chi connectivity index (χ4n) is 1.78. The van der Waals surface area contributed by atoms with E-state index in [4.69, 9.17) is 4.42 Å². The molecule has 100 valence electrons. The topological polar surface area (TPSA) is 38.1 Å². The van der Waals surface area contributed by atoms with Gasteiger partial charge in [0.25, 0.3) is 5.22 Å². The van der Waals surface area contributed by atoms with Crippen molar-refractivity contribution in [2.45, 2.75) is 42.5 Å². The van der Waals surface area contributed by atoms with Crippen LogP contribution in [0.25, 0.3) is 0 Å². The summed E-state index contributed by atoms with van der Waals surface area (Å²) in [5.74, 6) is 0. The van der Waals surface area contributed by atoms with Gasteiger partial charge in [-0.25, -0.2) is 4.98 Å². The van der Waals surface area contributed by atoms with Gasteiger partial charge in [0.1, 0.15) is 6.26 Å². The quantitative estimate of drug-likeness (QED) is 0.888. The molecule has 0 radical (unpaired) electrons. The Morgan fingerprint density at radius 2 is 2.32 bits per heavy atom. The second-order valence-corrected chi connectivity index (χ2v) is 6.67. The number of rotatable bonds is 5. The fourth-order valence-corrected chi connectivity index (χ4v) is 3.23. The van der Waals surface area contributed by atoms with Gasteiger partial charge in [0, 0.05) is 22.0 Å². The minimum atomic E-state index is 0.697. The van der Waals surface area contributed by atoms with Crippen molar-refractivity contribution in [2.75, 3.05) is 0 Å². The average molecular weight is 339 g/mol. The number of nitrogens with zero attached hydrogens (tertiary/aromatic N) is 1. The standard InChI is InChI=1S/C14H15BrN2OS/c1-9-8-18-14(17-9)19-13-6-11(15)3-2-10(13)7-16-12-4-5-12/h2-3,6,8,12,16H,4-5,7H2,1H3. The van der Waals surface area contributed by atoms with Gasteiger partial charge in [0.05, 0.1) is 5.69 Å². The maximum absolute atomic E-state index is 5.42. The van der Waals surface area contributed by atoms with E-state index in [1.54, 1.807) is 18.0 Å². The molecule has 1 N–H and O–H groups in total. The molecule has 1 aromatic heterocycles. The van der Waals surface area contributed by atoms with Crippen LogP contribution < -0.4 is 5.32 Å². The molecule has 0 bridgehead atoms. The molecule has 0 atom stereocenters. The van der Waals surface area contributed by atoms with Crippen LogP contribution in [0, 0.1) is 6.92 Å². The monoisotopic (exact) mass is 338 g/mol. The molecule has 1 fully saturated rings. The molecule has 3 rings (SSSR count). The lowest BCUT2D eigenvalue weighted by Gasteiger charge is -2.09. The molecule has 0 spiro atoms. The van der Waals surface area contributed by atoms with E-state index in [0.717, 1.165) is 16.7 Å². The predicted octanol–water partition coefficient (Wildman–Crippen LogP) is 4.15. The second-order valence-electron chi connectivity index (χ2n) is 4.76. The molecule has 1 heterocycles. The zero-order valence-electron chi connectivity index (χ0n) is 10.6. The predicted molar refractivity (Wildman–Crippen MR) is 79.4 cm³/mol. The maximum atomic E-state index is 5.42. The molecule has 0 aliphatic heterocycles. The van der Waals surface area contributed by atoms with Gasteiger partial charge in [-0.3, -0.25) is 0 Å². The lowest BCUT2D eigenvalue weighted by molar-refractivity contribution is 0.454. The zero-order chi connectivity index (χ0) is 13.2. The van der Waals surface area contributed by atoms with Crippen LogP contribution in [0.5, 0.6) is 0 Å². The van der Waals surface area contributed by atoms with Gasteiger partial charge in [0.15, 0.2) is 0 Å². The Hall–Kier alpha value is -0.780. The molecule has 0 unspecified atom stereocenters. The van der Waals surface area contributed by atoms with Crippen LogP contribution in [0.1, 0.15) is 24.1 Å². The smallest absolute Gasteiger partial charge is 0.260 e. The van der Waals surface area contributed by atoms with E-state index in [0.29, 0.717) is 11.3 Å². The maximum Gasteiger partial charge on any atom is 0.260 e. The average Bonchev–Trinajstić information content (AvgIpc) is 3.12. The summed E-state index contributed by atoms with van der Waals surface area (Å²) in [6, 6.07) is 7.06. The van der Waals surface area contributed by atoms with Crippen molar-refractivity contribution in [1.29, 1.82) is 0 Å². The van der Waals surface area contributed by atoms with Crippen LogP contribution in [-0.2, 0) is 6.54 Å². The summed E-state index contributed by atoms with van der Waals surface area (Å²) in [7, 11) is 0. The Bertz CT molecular complexity index is 581. The van der Waals surface area contributed by atoms with Crippen LogP contribution in [0.2, 0.25) is 0 Å². The van der Waals surface area contributed by atoms with Crippen molar-refractivity contribution in [3.8, 4) is 0 Å². The van der Waals surface area contributed by atoms with Crippen molar-refractivity contribution in [3.63, 3.8) is 0 Å². The van der Waals surface area contributed by atoms with Gasteiger partial charge in [-0.15, -0.1) is 0 Å². The third kappa shape index (κ3) is 3.61. The molecule has 0 amide bonds. The molecule has 3 nitrogen and oxygen atoms in total.